The van der Waals surface area contributed by atoms with Gasteiger partial charge in [-0.1, -0.05) is 134 Å². The SMILES string of the molecule is O[C@H](c1cccnc1P(c1ccccc1)c1ccccc1)C1CCCC1P(c1ccccc1)c1ccccc1. The zero-order valence-corrected chi connectivity index (χ0v) is 23.7. The molecule has 4 heteroatoms. The van der Waals surface area contributed by atoms with Crippen LogP contribution in [0, 0.1) is 5.92 Å². The summed E-state index contributed by atoms with van der Waals surface area (Å²) in [6, 6.07) is 47.4. The van der Waals surface area contributed by atoms with Crippen molar-refractivity contribution in [3.05, 3.63) is 145 Å². The molecule has 194 valence electrons. The number of pyridine rings is 1. The minimum Gasteiger partial charge on any atom is -0.388 e. The molecule has 0 spiro atoms. The number of hydrogen-bond acceptors (Lipinski definition) is 2. The smallest absolute Gasteiger partial charge is 0.0845 e. The van der Waals surface area contributed by atoms with Crippen molar-refractivity contribution in [2.45, 2.75) is 31.0 Å². The predicted molar refractivity (Wildman–Crippen MR) is 168 cm³/mol. The molecule has 1 fully saturated rings. The molecular weight excluding hydrogens is 512 g/mol. The summed E-state index contributed by atoms with van der Waals surface area (Å²) in [6.07, 6.45) is 4.65. The summed E-state index contributed by atoms with van der Waals surface area (Å²) in [5.74, 6) is 0.183. The Morgan fingerprint density at radius 3 is 1.59 bits per heavy atom. The van der Waals surface area contributed by atoms with Gasteiger partial charge in [0.15, 0.2) is 0 Å². The van der Waals surface area contributed by atoms with Crippen LogP contribution in [-0.4, -0.2) is 15.7 Å². The summed E-state index contributed by atoms with van der Waals surface area (Å²) in [5.41, 5.74) is 2.42. The first-order valence-electron chi connectivity index (χ1n) is 13.7. The Morgan fingerprint density at radius 1 is 0.590 bits per heavy atom. The van der Waals surface area contributed by atoms with Crippen LogP contribution >= 0.6 is 15.8 Å². The molecule has 1 heterocycles. The van der Waals surface area contributed by atoms with Crippen LogP contribution in [0.25, 0.3) is 0 Å². The van der Waals surface area contributed by atoms with Gasteiger partial charge >= 0.3 is 0 Å². The number of aromatic nitrogens is 1. The molecule has 5 aromatic rings. The first-order chi connectivity index (χ1) is 19.3. The van der Waals surface area contributed by atoms with Crippen LogP contribution in [0.1, 0.15) is 30.9 Å². The highest BCUT2D eigenvalue weighted by molar-refractivity contribution is 7.79. The molecule has 2 nitrogen and oxygen atoms in total. The number of benzene rings is 4. The van der Waals surface area contributed by atoms with E-state index in [1.807, 2.05) is 12.3 Å². The van der Waals surface area contributed by atoms with Crippen LogP contribution in [0.3, 0.4) is 0 Å². The molecule has 3 atom stereocenters. The summed E-state index contributed by atoms with van der Waals surface area (Å²) in [6.45, 7) is 0. The van der Waals surface area contributed by atoms with Crippen LogP contribution < -0.4 is 26.7 Å². The van der Waals surface area contributed by atoms with E-state index >= 15 is 0 Å². The van der Waals surface area contributed by atoms with Crippen LogP contribution in [0.2, 0.25) is 0 Å². The molecule has 6 rings (SSSR count). The minimum atomic E-state index is -0.897. The van der Waals surface area contributed by atoms with E-state index in [1.165, 1.54) is 21.2 Å². The van der Waals surface area contributed by atoms with Gasteiger partial charge in [0.2, 0.25) is 0 Å². The van der Waals surface area contributed by atoms with Crippen LogP contribution in [0.4, 0.5) is 0 Å². The number of nitrogens with zero attached hydrogens (tertiary/aromatic N) is 1. The highest BCUT2D eigenvalue weighted by atomic mass is 31.1. The average Bonchev–Trinajstić information content (AvgIpc) is 3.49. The average molecular weight is 546 g/mol. The molecule has 1 aliphatic rings. The molecular formula is C35H33NOP2. The Bertz CT molecular complexity index is 1390. The largest absolute Gasteiger partial charge is 0.388 e. The monoisotopic (exact) mass is 545 g/mol. The third-order valence-corrected chi connectivity index (χ3v) is 13.2. The van der Waals surface area contributed by atoms with Crippen molar-refractivity contribution in [3.8, 4) is 0 Å². The van der Waals surface area contributed by atoms with Crippen molar-refractivity contribution in [2.24, 2.45) is 5.92 Å². The zero-order valence-electron chi connectivity index (χ0n) is 21.9. The molecule has 1 saturated carbocycles. The minimum absolute atomic E-state index is 0.183. The van der Waals surface area contributed by atoms with Gasteiger partial charge < -0.3 is 5.11 Å². The normalized spacial score (nSPS) is 17.9. The standard InChI is InChI=1S/C35H33NOP2/c37-34(31-23-13-25-33(31)38(27-15-5-1-6-16-27)28-17-7-2-8-18-28)32-24-14-26-36-35(32)39(29-19-9-3-10-20-29)30-21-11-4-12-22-30/h1-12,14-22,24,26,31,33-34,37H,13,23,25H2/t31?,33?,34-/m0/s1. The lowest BCUT2D eigenvalue weighted by Gasteiger charge is -2.34. The van der Waals surface area contributed by atoms with Crippen molar-refractivity contribution in [1.29, 1.82) is 0 Å². The second-order valence-corrected chi connectivity index (χ2v) is 14.6. The van der Waals surface area contributed by atoms with E-state index in [2.05, 4.69) is 127 Å². The van der Waals surface area contributed by atoms with E-state index in [0.29, 0.717) is 5.66 Å². The first kappa shape index (κ1) is 26.1. The van der Waals surface area contributed by atoms with E-state index in [4.69, 9.17) is 4.98 Å². The number of aliphatic hydroxyl groups is 1. The van der Waals surface area contributed by atoms with E-state index in [0.717, 1.165) is 30.3 Å². The van der Waals surface area contributed by atoms with E-state index in [1.54, 1.807) is 0 Å². The maximum absolute atomic E-state index is 12.2. The first-order valence-corrected chi connectivity index (χ1v) is 16.5. The number of aliphatic hydroxyl groups excluding tert-OH is 1. The Morgan fingerprint density at radius 2 is 1.08 bits per heavy atom. The van der Waals surface area contributed by atoms with Gasteiger partial charge in [0, 0.05) is 19.7 Å². The van der Waals surface area contributed by atoms with Crippen molar-refractivity contribution >= 4 is 42.5 Å². The van der Waals surface area contributed by atoms with Gasteiger partial charge in [-0.3, -0.25) is 4.98 Å². The summed E-state index contributed by atoms with van der Waals surface area (Å²) < 4.78 is 0. The maximum atomic E-state index is 12.2. The summed E-state index contributed by atoms with van der Waals surface area (Å²) >= 11 is 0. The van der Waals surface area contributed by atoms with Crippen LogP contribution in [0.15, 0.2) is 140 Å². The lowest BCUT2D eigenvalue weighted by Crippen LogP contribution is -2.32. The Hall–Kier alpha value is -3.15. The fraction of sp³-hybridized carbons (Fsp3) is 0.171. The van der Waals surface area contributed by atoms with Crippen molar-refractivity contribution in [2.75, 3.05) is 0 Å². The van der Waals surface area contributed by atoms with Gasteiger partial charge in [-0.25, -0.2) is 0 Å². The molecule has 39 heavy (non-hydrogen) atoms. The second kappa shape index (κ2) is 12.4. The number of rotatable bonds is 8. The van der Waals surface area contributed by atoms with Crippen LogP contribution in [-0.2, 0) is 0 Å². The Labute approximate surface area is 234 Å². The second-order valence-electron chi connectivity index (χ2n) is 10.1. The van der Waals surface area contributed by atoms with Gasteiger partial charge in [-0.15, -0.1) is 0 Å². The topological polar surface area (TPSA) is 33.1 Å². The van der Waals surface area contributed by atoms with Gasteiger partial charge in [0.25, 0.3) is 0 Å². The fourth-order valence-electron chi connectivity index (χ4n) is 5.97. The van der Waals surface area contributed by atoms with Crippen LogP contribution in [0.5, 0.6) is 0 Å². The quantitative estimate of drug-likeness (QED) is 0.237. The fourth-order valence-corrected chi connectivity index (χ4v) is 11.5. The van der Waals surface area contributed by atoms with Crippen molar-refractivity contribution in [3.63, 3.8) is 0 Å². The highest BCUT2D eigenvalue weighted by Gasteiger charge is 2.40. The van der Waals surface area contributed by atoms with Gasteiger partial charge in [-0.2, -0.15) is 0 Å². The van der Waals surface area contributed by atoms with Gasteiger partial charge in [0.1, 0.15) is 0 Å². The summed E-state index contributed by atoms with van der Waals surface area (Å²) in [4.78, 5) is 4.98. The third kappa shape index (κ3) is 5.61. The van der Waals surface area contributed by atoms with Crippen molar-refractivity contribution < 1.29 is 5.11 Å². The molecule has 4 aromatic carbocycles. The lowest BCUT2D eigenvalue weighted by molar-refractivity contribution is 0.114. The maximum Gasteiger partial charge on any atom is 0.0845 e. The number of hydrogen-bond donors (Lipinski definition) is 1. The predicted octanol–water partition coefficient (Wildman–Crippen LogP) is 6.17. The molecule has 0 aliphatic heterocycles. The zero-order chi connectivity index (χ0) is 26.4. The lowest BCUT2D eigenvalue weighted by atomic mass is 9.95. The van der Waals surface area contributed by atoms with Crippen molar-refractivity contribution in [1.82, 2.24) is 4.98 Å². The van der Waals surface area contributed by atoms with Gasteiger partial charge in [0.05, 0.1) is 11.5 Å². The molecule has 1 aliphatic carbocycles. The molecule has 0 radical (unpaired) electrons. The summed E-state index contributed by atoms with van der Waals surface area (Å²) in [7, 11) is -1.50. The van der Waals surface area contributed by atoms with Gasteiger partial charge in [-0.05, 0) is 59.6 Å². The molecule has 1 aromatic heterocycles. The highest BCUT2D eigenvalue weighted by Crippen LogP contribution is 2.53. The molecule has 2 unspecified atom stereocenters. The summed E-state index contributed by atoms with van der Waals surface area (Å²) in [5, 5.41) is 17.5. The molecule has 1 N–H and O–H groups in total. The molecule has 0 bridgehead atoms. The van der Waals surface area contributed by atoms with E-state index < -0.39 is 21.9 Å². The molecule has 0 amide bonds. The Kier molecular flexibility index (Phi) is 8.27. The van der Waals surface area contributed by atoms with E-state index in [-0.39, 0.29) is 5.92 Å². The Balaban J connectivity index is 1.41. The van der Waals surface area contributed by atoms with E-state index in [9.17, 15) is 5.11 Å². The molecule has 0 saturated heterocycles. The third-order valence-electron chi connectivity index (χ3n) is 7.71.